The van der Waals surface area contributed by atoms with Crippen LogP contribution in [0.2, 0.25) is 0 Å². The first-order chi connectivity index (χ1) is 9.83. The zero-order valence-electron chi connectivity index (χ0n) is 11.5. The van der Waals surface area contributed by atoms with Crippen LogP contribution in [0, 0.1) is 0 Å². The van der Waals surface area contributed by atoms with Crippen molar-refractivity contribution in [3.8, 4) is 11.3 Å². The molecule has 0 radical (unpaired) electrons. The Labute approximate surface area is 129 Å². The molecule has 21 heavy (non-hydrogen) atoms. The van der Waals surface area contributed by atoms with Crippen molar-refractivity contribution >= 4 is 24.0 Å². The highest BCUT2D eigenvalue weighted by Crippen LogP contribution is 2.21. The normalized spacial score (nSPS) is 17.8. The summed E-state index contributed by atoms with van der Waals surface area (Å²) in [5.74, 6) is 0.758. The number of nitrogens with one attached hydrogen (secondary N) is 2. The lowest BCUT2D eigenvalue weighted by Gasteiger charge is -2.22. The first-order valence-corrected chi connectivity index (χ1v) is 6.86. The van der Waals surface area contributed by atoms with Crippen LogP contribution in [0.1, 0.15) is 19.3 Å². The molecule has 5 nitrogen and oxygen atoms in total. The Morgan fingerprint density at radius 1 is 1.29 bits per heavy atom. The molecule has 1 amide bonds. The van der Waals surface area contributed by atoms with Gasteiger partial charge < -0.3 is 15.1 Å². The molecule has 0 aliphatic carbocycles. The number of aromatic nitrogens is 1. The molecule has 1 atom stereocenters. The van der Waals surface area contributed by atoms with Crippen LogP contribution >= 0.6 is 12.4 Å². The van der Waals surface area contributed by atoms with Gasteiger partial charge in [-0.2, -0.15) is 0 Å². The average molecular weight is 308 g/mol. The Morgan fingerprint density at radius 2 is 2.10 bits per heavy atom. The van der Waals surface area contributed by atoms with Gasteiger partial charge in [-0.15, -0.1) is 12.4 Å². The predicted octanol–water partition coefficient (Wildman–Crippen LogP) is 2.84. The lowest BCUT2D eigenvalue weighted by molar-refractivity contribution is -0.118. The van der Waals surface area contributed by atoms with E-state index in [9.17, 15) is 4.79 Å². The SMILES string of the molecule is Cl.O=C(Nc1ccc(-c2cnco2)cc1)C1CCCCN1. The van der Waals surface area contributed by atoms with Gasteiger partial charge in [0.1, 0.15) is 0 Å². The van der Waals surface area contributed by atoms with Gasteiger partial charge in [-0.05, 0) is 43.7 Å². The molecule has 1 aliphatic rings. The summed E-state index contributed by atoms with van der Waals surface area (Å²) >= 11 is 0. The van der Waals surface area contributed by atoms with Crippen molar-refractivity contribution in [1.29, 1.82) is 0 Å². The topological polar surface area (TPSA) is 67.2 Å². The maximum atomic E-state index is 12.1. The highest BCUT2D eigenvalue weighted by molar-refractivity contribution is 5.95. The molecule has 0 saturated carbocycles. The number of rotatable bonds is 3. The van der Waals surface area contributed by atoms with E-state index in [0.717, 1.165) is 42.8 Å². The van der Waals surface area contributed by atoms with Crippen molar-refractivity contribution in [3.05, 3.63) is 36.9 Å². The summed E-state index contributed by atoms with van der Waals surface area (Å²) < 4.78 is 5.23. The number of hydrogen-bond acceptors (Lipinski definition) is 4. The number of piperidine rings is 1. The molecule has 112 valence electrons. The number of amides is 1. The molecule has 2 heterocycles. The molecule has 1 aromatic heterocycles. The van der Waals surface area contributed by atoms with E-state index in [1.54, 1.807) is 6.20 Å². The standard InChI is InChI=1S/C15H17N3O2.ClH/c19-15(13-3-1-2-8-17-13)18-12-6-4-11(5-7-12)14-9-16-10-20-14;/h4-7,9-10,13,17H,1-3,8H2,(H,18,19);1H. The van der Waals surface area contributed by atoms with Crippen LogP contribution in [0.5, 0.6) is 0 Å². The number of carbonyl (C=O) groups is 1. The highest BCUT2D eigenvalue weighted by atomic mass is 35.5. The smallest absolute Gasteiger partial charge is 0.241 e. The Balaban J connectivity index is 0.00000161. The highest BCUT2D eigenvalue weighted by Gasteiger charge is 2.20. The van der Waals surface area contributed by atoms with Gasteiger partial charge in [-0.3, -0.25) is 4.79 Å². The molecule has 1 unspecified atom stereocenters. The van der Waals surface area contributed by atoms with Crippen LogP contribution in [0.3, 0.4) is 0 Å². The van der Waals surface area contributed by atoms with Crippen molar-refractivity contribution in [1.82, 2.24) is 10.3 Å². The second kappa shape index (κ2) is 7.24. The summed E-state index contributed by atoms with van der Waals surface area (Å²) in [7, 11) is 0. The van der Waals surface area contributed by atoms with E-state index in [2.05, 4.69) is 15.6 Å². The van der Waals surface area contributed by atoms with E-state index in [-0.39, 0.29) is 24.4 Å². The average Bonchev–Trinajstić information content (AvgIpc) is 3.03. The van der Waals surface area contributed by atoms with Gasteiger partial charge in [0.2, 0.25) is 5.91 Å². The van der Waals surface area contributed by atoms with Gasteiger partial charge >= 0.3 is 0 Å². The lowest BCUT2D eigenvalue weighted by atomic mass is 10.0. The summed E-state index contributed by atoms with van der Waals surface area (Å²) in [5, 5.41) is 6.17. The molecule has 2 N–H and O–H groups in total. The minimum atomic E-state index is -0.0716. The van der Waals surface area contributed by atoms with E-state index >= 15 is 0 Å². The van der Waals surface area contributed by atoms with Crippen molar-refractivity contribution in [2.45, 2.75) is 25.3 Å². The molecule has 2 aromatic rings. The quantitative estimate of drug-likeness (QED) is 0.915. The first-order valence-electron chi connectivity index (χ1n) is 6.86. The Bertz CT molecular complexity index is 563. The number of benzene rings is 1. The third-order valence-corrected chi connectivity index (χ3v) is 3.50. The molecule has 0 spiro atoms. The van der Waals surface area contributed by atoms with Gasteiger partial charge in [-0.25, -0.2) is 4.98 Å². The van der Waals surface area contributed by atoms with Crippen molar-refractivity contribution < 1.29 is 9.21 Å². The Hall–Kier alpha value is -1.85. The summed E-state index contributed by atoms with van der Waals surface area (Å²) in [5.41, 5.74) is 1.74. The van der Waals surface area contributed by atoms with E-state index in [4.69, 9.17) is 4.42 Å². The van der Waals surface area contributed by atoms with Gasteiger partial charge in [-0.1, -0.05) is 6.42 Å². The number of anilines is 1. The number of nitrogens with zero attached hydrogens (tertiary/aromatic N) is 1. The number of halogens is 1. The fourth-order valence-electron chi connectivity index (χ4n) is 2.38. The van der Waals surface area contributed by atoms with Gasteiger partial charge in [0.05, 0.1) is 12.2 Å². The summed E-state index contributed by atoms with van der Waals surface area (Å²) in [4.78, 5) is 16.0. The first kappa shape index (κ1) is 15.5. The minimum Gasteiger partial charge on any atom is -0.444 e. The van der Waals surface area contributed by atoms with Crippen LogP contribution in [0.4, 0.5) is 5.69 Å². The molecule has 1 aromatic carbocycles. The van der Waals surface area contributed by atoms with Crippen LogP contribution in [0.15, 0.2) is 41.3 Å². The van der Waals surface area contributed by atoms with Crippen LogP contribution in [-0.2, 0) is 4.79 Å². The van der Waals surface area contributed by atoms with E-state index < -0.39 is 0 Å². The van der Waals surface area contributed by atoms with E-state index in [0.29, 0.717) is 0 Å². The third kappa shape index (κ3) is 3.83. The third-order valence-electron chi connectivity index (χ3n) is 3.50. The number of oxazole rings is 1. The lowest BCUT2D eigenvalue weighted by Crippen LogP contribution is -2.43. The molecular formula is C15H18ClN3O2. The van der Waals surface area contributed by atoms with E-state index in [1.165, 1.54) is 6.39 Å². The fourth-order valence-corrected chi connectivity index (χ4v) is 2.38. The van der Waals surface area contributed by atoms with Crippen molar-refractivity contribution in [3.63, 3.8) is 0 Å². The molecular weight excluding hydrogens is 290 g/mol. The second-order valence-corrected chi connectivity index (χ2v) is 4.93. The van der Waals surface area contributed by atoms with Gasteiger partial charge in [0.15, 0.2) is 12.2 Å². The van der Waals surface area contributed by atoms with Crippen LogP contribution in [-0.4, -0.2) is 23.5 Å². The predicted molar refractivity (Wildman–Crippen MR) is 83.5 cm³/mol. The maximum absolute atomic E-state index is 12.1. The van der Waals surface area contributed by atoms with Gasteiger partial charge in [0, 0.05) is 11.3 Å². The van der Waals surface area contributed by atoms with Crippen LogP contribution in [0.25, 0.3) is 11.3 Å². The fraction of sp³-hybridized carbons (Fsp3) is 0.333. The van der Waals surface area contributed by atoms with Crippen LogP contribution < -0.4 is 10.6 Å². The number of carbonyl (C=O) groups excluding carboxylic acids is 1. The molecule has 3 rings (SSSR count). The summed E-state index contributed by atoms with van der Waals surface area (Å²) in [6.45, 7) is 0.919. The summed E-state index contributed by atoms with van der Waals surface area (Å²) in [6.07, 6.45) is 6.23. The zero-order valence-corrected chi connectivity index (χ0v) is 12.4. The summed E-state index contributed by atoms with van der Waals surface area (Å²) in [6, 6.07) is 7.49. The zero-order chi connectivity index (χ0) is 13.8. The number of hydrogen-bond donors (Lipinski definition) is 2. The second-order valence-electron chi connectivity index (χ2n) is 4.93. The largest absolute Gasteiger partial charge is 0.444 e. The van der Waals surface area contributed by atoms with Crippen molar-refractivity contribution in [2.24, 2.45) is 0 Å². The Morgan fingerprint density at radius 3 is 2.71 bits per heavy atom. The van der Waals surface area contributed by atoms with E-state index in [1.807, 2.05) is 24.3 Å². The van der Waals surface area contributed by atoms with Gasteiger partial charge in [0.25, 0.3) is 0 Å². The maximum Gasteiger partial charge on any atom is 0.241 e. The minimum absolute atomic E-state index is 0. The molecule has 6 heteroatoms. The van der Waals surface area contributed by atoms with Crippen molar-refractivity contribution in [2.75, 3.05) is 11.9 Å². The monoisotopic (exact) mass is 307 g/mol. The molecule has 1 aliphatic heterocycles. The molecule has 1 saturated heterocycles. The molecule has 0 bridgehead atoms. The molecule has 1 fully saturated rings. The Kier molecular flexibility index (Phi) is 5.36.